The number of amides is 2. The minimum atomic E-state index is -0.971. The second kappa shape index (κ2) is 11.0. The van der Waals surface area contributed by atoms with Gasteiger partial charge in [0.1, 0.15) is 11.5 Å². The van der Waals surface area contributed by atoms with Gasteiger partial charge in [0.15, 0.2) is 6.10 Å². The number of anilines is 1. The molecule has 1 atom stereocenters. The van der Waals surface area contributed by atoms with E-state index in [-0.39, 0.29) is 22.5 Å². The molecule has 7 heteroatoms. The van der Waals surface area contributed by atoms with Crippen LogP contribution in [0.5, 0.6) is 11.5 Å². The lowest BCUT2D eigenvalue weighted by Crippen LogP contribution is -2.29. The number of fused-ring (bicyclic) bond motifs is 1. The molecule has 0 saturated heterocycles. The molecule has 0 spiro atoms. The van der Waals surface area contributed by atoms with E-state index in [2.05, 4.69) is 0 Å². The highest BCUT2D eigenvalue weighted by atomic mass is 16.5. The van der Waals surface area contributed by atoms with Crippen molar-refractivity contribution in [1.82, 2.24) is 0 Å². The molecular formula is C33H27NO6. The Bertz CT molecular complexity index is 1630. The third kappa shape index (κ3) is 5.14. The first-order chi connectivity index (χ1) is 19.3. The Morgan fingerprint density at radius 3 is 2.17 bits per heavy atom. The molecule has 7 nitrogen and oxygen atoms in total. The molecule has 1 aliphatic heterocycles. The highest BCUT2D eigenvalue weighted by Crippen LogP contribution is 2.32. The van der Waals surface area contributed by atoms with Crippen LogP contribution in [-0.2, 0) is 4.74 Å². The summed E-state index contributed by atoms with van der Waals surface area (Å²) in [5, 5.41) is 0. The number of hydrogen-bond donors (Lipinski definition) is 0. The zero-order valence-corrected chi connectivity index (χ0v) is 22.3. The summed E-state index contributed by atoms with van der Waals surface area (Å²) in [7, 11) is 0. The van der Waals surface area contributed by atoms with Crippen molar-refractivity contribution in [2.45, 2.75) is 33.3 Å². The molecule has 1 unspecified atom stereocenters. The summed E-state index contributed by atoms with van der Waals surface area (Å²) in [6.45, 7) is 5.69. The Labute approximate surface area is 232 Å². The van der Waals surface area contributed by atoms with Crippen LogP contribution in [0, 0.1) is 13.8 Å². The van der Waals surface area contributed by atoms with Crippen molar-refractivity contribution in [3.8, 4) is 11.5 Å². The number of aryl methyl sites for hydroxylation is 2. The number of Topliss-reactive ketones (excluding diaryl/α,β-unsaturated/α-hetero) is 1. The van der Waals surface area contributed by atoms with Gasteiger partial charge in [-0.15, -0.1) is 0 Å². The maximum Gasteiger partial charge on any atom is 0.338 e. The Balaban J connectivity index is 1.32. The van der Waals surface area contributed by atoms with Gasteiger partial charge in [0, 0.05) is 5.56 Å². The first-order valence-electron chi connectivity index (χ1n) is 12.9. The molecule has 4 aromatic rings. The van der Waals surface area contributed by atoms with Gasteiger partial charge in [-0.2, -0.15) is 0 Å². The van der Waals surface area contributed by atoms with Gasteiger partial charge in [0.05, 0.1) is 22.4 Å². The van der Waals surface area contributed by atoms with E-state index >= 15 is 0 Å². The summed E-state index contributed by atoms with van der Waals surface area (Å²) in [6.07, 6.45) is -0.681. The van der Waals surface area contributed by atoms with Crippen LogP contribution in [0.2, 0.25) is 0 Å². The van der Waals surface area contributed by atoms with Gasteiger partial charge in [0.2, 0.25) is 5.78 Å². The van der Waals surface area contributed by atoms with Crippen molar-refractivity contribution >= 4 is 29.3 Å². The van der Waals surface area contributed by atoms with E-state index in [9.17, 15) is 19.2 Å². The number of carbonyl (C=O) groups is 4. The molecule has 0 aliphatic carbocycles. The number of esters is 1. The number of nitrogens with zero attached hydrogens (tertiary/aromatic N) is 1. The highest BCUT2D eigenvalue weighted by molar-refractivity contribution is 6.34. The molecule has 4 aromatic carbocycles. The average molecular weight is 534 g/mol. The second-order valence-corrected chi connectivity index (χ2v) is 9.60. The Hall–Kier alpha value is -5.04. The van der Waals surface area contributed by atoms with Crippen molar-refractivity contribution in [3.05, 3.63) is 124 Å². The highest BCUT2D eigenvalue weighted by Gasteiger charge is 2.37. The lowest BCUT2D eigenvalue weighted by Gasteiger charge is -2.15. The van der Waals surface area contributed by atoms with E-state index in [1.54, 1.807) is 61.5 Å². The fourth-order valence-electron chi connectivity index (χ4n) is 4.52. The van der Waals surface area contributed by atoms with Gasteiger partial charge in [-0.05, 0) is 79.9 Å². The van der Waals surface area contributed by atoms with E-state index in [1.807, 2.05) is 32.0 Å². The molecule has 200 valence electrons. The number of benzene rings is 4. The Morgan fingerprint density at radius 1 is 0.775 bits per heavy atom. The molecule has 0 radical (unpaired) electrons. The normalized spacial score (nSPS) is 13.1. The van der Waals surface area contributed by atoms with Gasteiger partial charge >= 0.3 is 5.97 Å². The summed E-state index contributed by atoms with van der Waals surface area (Å²) in [5.41, 5.74) is 3.24. The summed E-state index contributed by atoms with van der Waals surface area (Å²) in [4.78, 5) is 53.2. The third-order valence-corrected chi connectivity index (χ3v) is 6.76. The molecule has 40 heavy (non-hydrogen) atoms. The predicted octanol–water partition coefficient (Wildman–Crippen LogP) is 6.71. The monoisotopic (exact) mass is 533 g/mol. The third-order valence-electron chi connectivity index (χ3n) is 6.76. The van der Waals surface area contributed by atoms with Gasteiger partial charge in [-0.3, -0.25) is 14.4 Å². The van der Waals surface area contributed by atoms with E-state index in [1.165, 1.54) is 18.2 Å². The molecule has 0 aromatic heterocycles. The molecule has 5 rings (SSSR count). The smallest absolute Gasteiger partial charge is 0.338 e. The molecule has 1 aliphatic rings. The SMILES string of the molecule is CCC(OC(=O)c1ccc2c(c1)C(=O)N(c1ccc(Oc3cc(C)ccc3C)cc1)C2=O)C(=O)c1ccccc1. The minimum absolute atomic E-state index is 0.0818. The molecule has 2 amide bonds. The first kappa shape index (κ1) is 26.6. The van der Waals surface area contributed by atoms with Crippen LogP contribution < -0.4 is 9.64 Å². The lowest BCUT2D eigenvalue weighted by atomic mass is 10.0. The summed E-state index contributed by atoms with van der Waals surface area (Å²) in [6, 6.07) is 25.4. The van der Waals surface area contributed by atoms with Crippen LogP contribution in [0.3, 0.4) is 0 Å². The first-order valence-corrected chi connectivity index (χ1v) is 12.9. The molecule has 0 N–H and O–H groups in total. The topological polar surface area (TPSA) is 90.0 Å². The van der Waals surface area contributed by atoms with E-state index in [0.29, 0.717) is 23.4 Å². The Morgan fingerprint density at radius 2 is 1.48 bits per heavy atom. The van der Waals surface area contributed by atoms with Gasteiger partial charge in [-0.25, -0.2) is 9.69 Å². The van der Waals surface area contributed by atoms with Crippen molar-refractivity contribution < 1.29 is 28.7 Å². The van der Waals surface area contributed by atoms with Crippen LogP contribution in [0.1, 0.15) is 65.9 Å². The number of rotatable bonds is 8. The standard InChI is InChI=1S/C33H27NO6/c1-4-28(30(35)22-8-6-5-7-9-22)40-33(38)23-12-17-26-27(19-23)32(37)34(31(26)36)24-13-15-25(16-14-24)39-29-18-20(2)10-11-21(29)3/h5-19,28H,4H2,1-3H3. The van der Waals surface area contributed by atoms with E-state index < -0.39 is 23.9 Å². The number of hydrogen-bond acceptors (Lipinski definition) is 6. The summed E-state index contributed by atoms with van der Waals surface area (Å²) < 4.78 is 11.5. The molecule has 1 heterocycles. The molecule has 0 saturated carbocycles. The quantitative estimate of drug-likeness (QED) is 0.142. The molecule has 0 bridgehead atoms. The van der Waals surface area contributed by atoms with Crippen molar-refractivity contribution in [2.24, 2.45) is 0 Å². The Kier molecular flexibility index (Phi) is 7.29. The van der Waals surface area contributed by atoms with E-state index in [0.717, 1.165) is 21.8 Å². The maximum absolute atomic E-state index is 13.3. The van der Waals surface area contributed by atoms with Gasteiger partial charge < -0.3 is 9.47 Å². The summed E-state index contributed by atoms with van der Waals surface area (Å²) in [5.74, 6) is -0.803. The van der Waals surface area contributed by atoms with Gasteiger partial charge in [-0.1, -0.05) is 49.4 Å². The zero-order valence-electron chi connectivity index (χ0n) is 22.3. The van der Waals surface area contributed by atoms with Crippen molar-refractivity contribution in [2.75, 3.05) is 4.90 Å². The van der Waals surface area contributed by atoms with Gasteiger partial charge in [0.25, 0.3) is 11.8 Å². The van der Waals surface area contributed by atoms with Crippen LogP contribution in [0.15, 0.2) is 91.0 Å². The number of ether oxygens (including phenoxy) is 2. The minimum Gasteiger partial charge on any atom is -0.457 e. The van der Waals surface area contributed by atoms with Crippen LogP contribution in [-0.4, -0.2) is 29.7 Å². The predicted molar refractivity (Wildman–Crippen MR) is 150 cm³/mol. The molecule has 0 fully saturated rings. The van der Waals surface area contributed by atoms with Crippen molar-refractivity contribution in [1.29, 1.82) is 0 Å². The number of ketones is 1. The number of carbonyl (C=O) groups excluding carboxylic acids is 4. The maximum atomic E-state index is 13.3. The van der Waals surface area contributed by atoms with Crippen LogP contribution in [0.25, 0.3) is 0 Å². The number of imide groups is 1. The van der Waals surface area contributed by atoms with E-state index in [4.69, 9.17) is 9.47 Å². The second-order valence-electron chi connectivity index (χ2n) is 9.60. The fourth-order valence-corrected chi connectivity index (χ4v) is 4.52. The lowest BCUT2D eigenvalue weighted by molar-refractivity contribution is 0.0277. The van der Waals surface area contributed by atoms with Crippen LogP contribution in [0.4, 0.5) is 5.69 Å². The largest absolute Gasteiger partial charge is 0.457 e. The average Bonchev–Trinajstić information content (AvgIpc) is 3.22. The van der Waals surface area contributed by atoms with Crippen LogP contribution >= 0.6 is 0 Å². The zero-order chi connectivity index (χ0) is 28.4. The molecular weight excluding hydrogens is 506 g/mol. The van der Waals surface area contributed by atoms with Crippen molar-refractivity contribution in [3.63, 3.8) is 0 Å². The fraction of sp³-hybridized carbons (Fsp3) is 0.152. The summed E-state index contributed by atoms with van der Waals surface area (Å²) >= 11 is 0.